The summed E-state index contributed by atoms with van der Waals surface area (Å²) in [6.07, 6.45) is 0. The molecule has 0 aliphatic carbocycles. The number of fused-ring (bicyclic) bond motifs is 1. The Labute approximate surface area is 117 Å². The summed E-state index contributed by atoms with van der Waals surface area (Å²) < 4.78 is 10.6. The molecule has 2 heterocycles. The zero-order chi connectivity index (χ0) is 13.9. The van der Waals surface area contributed by atoms with Crippen molar-refractivity contribution in [3.05, 3.63) is 30.1 Å². The number of aromatic nitrogens is 2. The Kier molecular flexibility index (Phi) is 3.28. The minimum absolute atomic E-state index is 0.274. The summed E-state index contributed by atoms with van der Waals surface area (Å²) in [5.74, 6) is 3.78. The molecule has 3 rings (SSSR count). The van der Waals surface area contributed by atoms with Gasteiger partial charge in [0, 0.05) is 24.4 Å². The molecule has 1 aliphatic heterocycles. The summed E-state index contributed by atoms with van der Waals surface area (Å²) in [5, 5.41) is 6.43. The molecular formula is C14H16N4O2. The van der Waals surface area contributed by atoms with Gasteiger partial charge in [-0.05, 0) is 26.0 Å². The molecule has 104 valence electrons. The van der Waals surface area contributed by atoms with Crippen molar-refractivity contribution in [2.75, 3.05) is 24.0 Å². The van der Waals surface area contributed by atoms with Crippen molar-refractivity contribution < 1.29 is 9.47 Å². The highest BCUT2D eigenvalue weighted by molar-refractivity contribution is 5.63. The fourth-order valence-corrected chi connectivity index (χ4v) is 2.03. The number of benzene rings is 1. The van der Waals surface area contributed by atoms with Crippen LogP contribution >= 0.6 is 0 Å². The number of aryl methyl sites for hydroxylation is 1. The van der Waals surface area contributed by atoms with E-state index in [-0.39, 0.29) is 6.79 Å². The first kappa shape index (κ1) is 12.5. The SMILES string of the molecule is CCNc1cc(Nc2ccc3c(c2)OCO3)nc(C)n1. The number of hydrogen-bond acceptors (Lipinski definition) is 6. The van der Waals surface area contributed by atoms with Crippen LogP contribution in [0.5, 0.6) is 11.5 Å². The normalized spacial score (nSPS) is 12.3. The van der Waals surface area contributed by atoms with Crippen molar-refractivity contribution in [3.8, 4) is 11.5 Å². The van der Waals surface area contributed by atoms with Crippen LogP contribution in [0.2, 0.25) is 0 Å². The Morgan fingerprint density at radius 1 is 1.10 bits per heavy atom. The molecule has 0 atom stereocenters. The van der Waals surface area contributed by atoms with E-state index in [1.165, 1.54) is 0 Å². The number of ether oxygens (including phenoxy) is 2. The van der Waals surface area contributed by atoms with Gasteiger partial charge in [-0.2, -0.15) is 0 Å². The van der Waals surface area contributed by atoms with E-state index in [0.717, 1.165) is 35.4 Å². The van der Waals surface area contributed by atoms with Crippen LogP contribution in [-0.4, -0.2) is 23.3 Å². The highest BCUT2D eigenvalue weighted by Crippen LogP contribution is 2.35. The van der Waals surface area contributed by atoms with Crippen LogP contribution in [0, 0.1) is 6.92 Å². The molecule has 2 N–H and O–H groups in total. The Balaban J connectivity index is 1.83. The molecule has 6 nitrogen and oxygen atoms in total. The minimum Gasteiger partial charge on any atom is -0.454 e. The van der Waals surface area contributed by atoms with Gasteiger partial charge in [-0.1, -0.05) is 0 Å². The van der Waals surface area contributed by atoms with E-state index in [2.05, 4.69) is 20.6 Å². The van der Waals surface area contributed by atoms with Gasteiger partial charge in [0.1, 0.15) is 17.5 Å². The van der Waals surface area contributed by atoms with E-state index in [1.807, 2.05) is 38.1 Å². The zero-order valence-corrected chi connectivity index (χ0v) is 11.4. The molecule has 0 amide bonds. The standard InChI is InChI=1S/C14H16N4O2/c1-3-15-13-7-14(17-9(2)16-13)18-10-4-5-11-12(6-10)20-8-19-11/h4-7H,3,8H2,1-2H3,(H2,15,16,17,18). The average Bonchev–Trinajstić information content (AvgIpc) is 2.85. The first-order valence-electron chi connectivity index (χ1n) is 6.51. The lowest BCUT2D eigenvalue weighted by Gasteiger charge is -2.09. The molecule has 0 unspecified atom stereocenters. The lowest BCUT2D eigenvalue weighted by molar-refractivity contribution is 0.174. The molecule has 0 spiro atoms. The van der Waals surface area contributed by atoms with E-state index in [4.69, 9.17) is 9.47 Å². The second-order valence-corrected chi connectivity index (χ2v) is 4.41. The zero-order valence-electron chi connectivity index (χ0n) is 11.4. The predicted octanol–water partition coefficient (Wildman–Crippen LogP) is 2.69. The monoisotopic (exact) mass is 272 g/mol. The largest absolute Gasteiger partial charge is 0.454 e. The van der Waals surface area contributed by atoms with Gasteiger partial charge < -0.3 is 20.1 Å². The van der Waals surface area contributed by atoms with Crippen LogP contribution in [-0.2, 0) is 0 Å². The van der Waals surface area contributed by atoms with Gasteiger partial charge in [-0.15, -0.1) is 0 Å². The first-order valence-corrected chi connectivity index (χ1v) is 6.51. The number of nitrogens with one attached hydrogen (secondary N) is 2. The number of nitrogens with zero attached hydrogens (tertiary/aromatic N) is 2. The van der Waals surface area contributed by atoms with Crippen molar-refractivity contribution in [2.45, 2.75) is 13.8 Å². The van der Waals surface area contributed by atoms with Gasteiger partial charge in [-0.25, -0.2) is 9.97 Å². The summed E-state index contributed by atoms with van der Waals surface area (Å²) in [6.45, 7) is 4.99. The van der Waals surface area contributed by atoms with Crippen molar-refractivity contribution in [3.63, 3.8) is 0 Å². The van der Waals surface area contributed by atoms with Crippen LogP contribution in [0.25, 0.3) is 0 Å². The second kappa shape index (κ2) is 5.24. The maximum Gasteiger partial charge on any atom is 0.231 e. The lowest BCUT2D eigenvalue weighted by Crippen LogP contribution is -2.04. The Morgan fingerprint density at radius 3 is 2.75 bits per heavy atom. The third-order valence-corrected chi connectivity index (χ3v) is 2.84. The molecule has 0 bridgehead atoms. The Morgan fingerprint density at radius 2 is 1.90 bits per heavy atom. The van der Waals surface area contributed by atoms with E-state index in [1.54, 1.807) is 0 Å². The van der Waals surface area contributed by atoms with Crippen LogP contribution < -0.4 is 20.1 Å². The minimum atomic E-state index is 0.274. The van der Waals surface area contributed by atoms with E-state index < -0.39 is 0 Å². The highest BCUT2D eigenvalue weighted by atomic mass is 16.7. The number of hydrogen-bond donors (Lipinski definition) is 2. The summed E-state index contributed by atoms with van der Waals surface area (Å²) >= 11 is 0. The maximum atomic E-state index is 5.36. The fraction of sp³-hybridized carbons (Fsp3) is 0.286. The van der Waals surface area contributed by atoms with Crippen LogP contribution in [0.1, 0.15) is 12.7 Å². The topological polar surface area (TPSA) is 68.3 Å². The van der Waals surface area contributed by atoms with E-state index in [0.29, 0.717) is 5.82 Å². The molecule has 1 aliphatic rings. The predicted molar refractivity (Wildman–Crippen MR) is 76.8 cm³/mol. The molecular weight excluding hydrogens is 256 g/mol. The van der Waals surface area contributed by atoms with Gasteiger partial charge in [-0.3, -0.25) is 0 Å². The molecule has 6 heteroatoms. The molecule has 0 radical (unpaired) electrons. The molecule has 1 aromatic carbocycles. The number of anilines is 3. The lowest BCUT2D eigenvalue weighted by atomic mass is 10.3. The van der Waals surface area contributed by atoms with Crippen molar-refractivity contribution in [1.29, 1.82) is 0 Å². The molecule has 0 saturated heterocycles. The van der Waals surface area contributed by atoms with Crippen molar-refractivity contribution in [2.24, 2.45) is 0 Å². The smallest absolute Gasteiger partial charge is 0.231 e. The second-order valence-electron chi connectivity index (χ2n) is 4.41. The average molecular weight is 272 g/mol. The van der Waals surface area contributed by atoms with E-state index in [9.17, 15) is 0 Å². The molecule has 20 heavy (non-hydrogen) atoms. The number of rotatable bonds is 4. The highest BCUT2D eigenvalue weighted by Gasteiger charge is 2.13. The Hall–Kier alpha value is -2.50. The molecule has 1 aromatic heterocycles. The van der Waals surface area contributed by atoms with E-state index >= 15 is 0 Å². The van der Waals surface area contributed by atoms with Gasteiger partial charge in [0.15, 0.2) is 11.5 Å². The summed E-state index contributed by atoms with van der Waals surface area (Å²) in [7, 11) is 0. The van der Waals surface area contributed by atoms with Gasteiger partial charge >= 0.3 is 0 Å². The molecule has 2 aromatic rings. The maximum absolute atomic E-state index is 5.36. The third-order valence-electron chi connectivity index (χ3n) is 2.84. The summed E-state index contributed by atoms with van der Waals surface area (Å²) in [4.78, 5) is 8.69. The van der Waals surface area contributed by atoms with Crippen molar-refractivity contribution in [1.82, 2.24) is 9.97 Å². The fourth-order valence-electron chi connectivity index (χ4n) is 2.03. The summed E-state index contributed by atoms with van der Waals surface area (Å²) in [5.41, 5.74) is 0.898. The van der Waals surface area contributed by atoms with Crippen LogP contribution in [0.15, 0.2) is 24.3 Å². The van der Waals surface area contributed by atoms with Gasteiger partial charge in [0.2, 0.25) is 6.79 Å². The van der Waals surface area contributed by atoms with Crippen LogP contribution in [0.3, 0.4) is 0 Å². The summed E-state index contributed by atoms with van der Waals surface area (Å²) in [6, 6.07) is 7.58. The van der Waals surface area contributed by atoms with Crippen molar-refractivity contribution >= 4 is 17.3 Å². The van der Waals surface area contributed by atoms with Gasteiger partial charge in [0.25, 0.3) is 0 Å². The molecule has 0 fully saturated rings. The quantitative estimate of drug-likeness (QED) is 0.892. The van der Waals surface area contributed by atoms with Crippen LogP contribution in [0.4, 0.5) is 17.3 Å². The van der Waals surface area contributed by atoms with Gasteiger partial charge in [0.05, 0.1) is 0 Å². The Bertz CT molecular complexity index is 631. The molecule has 0 saturated carbocycles. The third kappa shape index (κ3) is 2.59. The first-order chi connectivity index (χ1) is 9.74.